The Kier molecular flexibility index (Phi) is 5.50. The van der Waals surface area contributed by atoms with Gasteiger partial charge in [0, 0.05) is 32.2 Å². The fraction of sp³-hybridized carbons (Fsp3) is 0.462. The van der Waals surface area contributed by atoms with Crippen molar-refractivity contribution in [1.82, 2.24) is 9.80 Å². The van der Waals surface area contributed by atoms with Crippen molar-refractivity contribution in [2.45, 2.75) is 4.90 Å². The smallest absolute Gasteiger partial charge is 0.289 e. The van der Waals surface area contributed by atoms with Crippen molar-refractivity contribution in [3.05, 3.63) is 38.4 Å². The van der Waals surface area contributed by atoms with Crippen molar-refractivity contribution < 1.29 is 14.6 Å². The number of carbonyl (C=O) groups is 1. The van der Waals surface area contributed by atoms with E-state index >= 15 is 0 Å². The van der Waals surface area contributed by atoms with Gasteiger partial charge >= 0.3 is 0 Å². The summed E-state index contributed by atoms with van der Waals surface area (Å²) in [5, 5.41) is 21.7. The Balaban J connectivity index is 2.03. The zero-order valence-corrected chi connectivity index (χ0v) is 13.3. The van der Waals surface area contributed by atoms with Crippen LogP contribution in [0.25, 0.3) is 0 Å². The van der Waals surface area contributed by atoms with Crippen LogP contribution in [-0.2, 0) is 4.79 Å². The van der Waals surface area contributed by atoms with Crippen LogP contribution in [0.4, 0.5) is 11.4 Å². The van der Waals surface area contributed by atoms with Gasteiger partial charge in [-0.2, -0.15) is 0 Å². The van der Waals surface area contributed by atoms with Gasteiger partial charge in [-0.05, 0) is 13.1 Å². The minimum Gasteiger partial charge on any atom is -0.339 e. The van der Waals surface area contributed by atoms with Crippen LogP contribution in [0.2, 0.25) is 0 Å². The molecule has 0 N–H and O–H groups in total. The lowest BCUT2D eigenvalue weighted by Crippen LogP contribution is -2.47. The van der Waals surface area contributed by atoms with Crippen LogP contribution < -0.4 is 0 Å². The van der Waals surface area contributed by atoms with Gasteiger partial charge in [0.25, 0.3) is 11.4 Å². The molecule has 0 saturated carbocycles. The van der Waals surface area contributed by atoms with Crippen LogP contribution >= 0.6 is 11.8 Å². The Morgan fingerprint density at radius 1 is 1.17 bits per heavy atom. The second-order valence-corrected chi connectivity index (χ2v) is 6.16. The molecular formula is C13H16N4O5S. The summed E-state index contributed by atoms with van der Waals surface area (Å²) in [4.78, 5) is 36.6. The van der Waals surface area contributed by atoms with Gasteiger partial charge < -0.3 is 9.80 Å². The van der Waals surface area contributed by atoms with Crippen molar-refractivity contribution in [3.63, 3.8) is 0 Å². The summed E-state index contributed by atoms with van der Waals surface area (Å²) in [6.07, 6.45) is 0. The molecule has 1 aliphatic heterocycles. The zero-order chi connectivity index (χ0) is 17.0. The molecular weight excluding hydrogens is 324 g/mol. The highest BCUT2D eigenvalue weighted by atomic mass is 32.2. The largest absolute Gasteiger partial charge is 0.339 e. The number of thioether (sulfide) groups is 1. The fourth-order valence-corrected chi connectivity index (χ4v) is 3.08. The summed E-state index contributed by atoms with van der Waals surface area (Å²) < 4.78 is 0. The van der Waals surface area contributed by atoms with Gasteiger partial charge in [0.2, 0.25) is 5.91 Å². The van der Waals surface area contributed by atoms with Crippen molar-refractivity contribution >= 4 is 29.0 Å². The monoisotopic (exact) mass is 340 g/mol. The Hall–Kier alpha value is -2.20. The summed E-state index contributed by atoms with van der Waals surface area (Å²) >= 11 is 1.03. The molecule has 0 spiro atoms. The molecule has 1 aromatic rings. The SMILES string of the molecule is CN1CCN(C(=O)CSc2ccc([N+](=O)[O-])cc2[N+](=O)[O-])CC1. The Morgan fingerprint density at radius 3 is 2.39 bits per heavy atom. The number of hydrogen-bond donors (Lipinski definition) is 0. The lowest BCUT2D eigenvalue weighted by atomic mass is 10.3. The molecule has 9 nitrogen and oxygen atoms in total. The number of likely N-dealkylation sites (N-methyl/N-ethyl adjacent to an activating group) is 1. The Morgan fingerprint density at radius 2 is 1.83 bits per heavy atom. The highest BCUT2D eigenvalue weighted by Gasteiger charge is 2.23. The first-order chi connectivity index (χ1) is 10.9. The molecule has 0 aromatic heterocycles. The van der Waals surface area contributed by atoms with E-state index in [-0.39, 0.29) is 27.9 Å². The number of nitro groups is 2. The first-order valence-electron chi connectivity index (χ1n) is 6.90. The normalized spacial score (nSPS) is 15.4. The Bertz CT molecular complexity index is 631. The molecule has 1 amide bonds. The molecule has 1 saturated heterocycles. The van der Waals surface area contributed by atoms with Crippen LogP contribution in [0, 0.1) is 20.2 Å². The van der Waals surface area contributed by atoms with E-state index < -0.39 is 9.85 Å². The van der Waals surface area contributed by atoms with Crippen molar-refractivity contribution in [2.75, 3.05) is 39.0 Å². The predicted molar refractivity (Wildman–Crippen MR) is 84.6 cm³/mol. The third-order valence-electron chi connectivity index (χ3n) is 3.56. The van der Waals surface area contributed by atoms with E-state index in [1.54, 1.807) is 4.90 Å². The van der Waals surface area contributed by atoms with Gasteiger partial charge in [0.1, 0.15) is 0 Å². The lowest BCUT2D eigenvalue weighted by Gasteiger charge is -2.32. The Labute approximate surface area is 136 Å². The van der Waals surface area contributed by atoms with E-state index in [2.05, 4.69) is 4.90 Å². The van der Waals surface area contributed by atoms with Crippen molar-refractivity contribution in [2.24, 2.45) is 0 Å². The molecule has 124 valence electrons. The molecule has 10 heteroatoms. The molecule has 0 bridgehead atoms. The summed E-state index contributed by atoms with van der Waals surface area (Å²) in [5.74, 6) is -0.0155. The highest BCUT2D eigenvalue weighted by Crippen LogP contribution is 2.32. The second kappa shape index (κ2) is 7.38. The number of rotatable bonds is 5. The third-order valence-corrected chi connectivity index (χ3v) is 4.60. The molecule has 0 aliphatic carbocycles. The van der Waals surface area contributed by atoms with E-state index in [4.69, 9.17) is 0 Å². The predicted octanol–water partition coefficient (Wildman–Crippen LogP) is 1.37. The minimum absolute atomic E-state index is 0.0718. The van der Waals surface area contributed by atoms with E-state index in [0.717, 1.165) is 30.9 Å². The number of nitro benzene ring substituents is 2. The van der Waals surface area contributed by atoms with Crippen LogP contribution in [-0.4, -0.2) is 64.5 Å². The summed E-state index contributed by atoms with van der Waals surface area (Å²) in [6.45, 7) is 2.87. The molecule has 1 aromatic carbocycles. The van der Waals surface area contributed by atoms with E-state index in [9.17, 15) is 25.0 Å². The standard InChI is InChI=1S/C13H16N4O5S/c1-14-4-6-15(7-5-14)13(18)9-23-12-3-2-10(16(19)20)8-11(12)17(21)22/h2-3,8H,4-7,9H2,1H3. The van der Waals surface area contributed by atoms with Gasteiger partial charge in [0.05, 0.1) is 26.6 Å². The fourth-order valence-electron chi connectivity index (χ4n) is 2.17. The van der Waals surface area contributed by atoms with Crippen molar-refractivity contribution in [1.29, 1.82) is 0 Å². The van der Waals surface area contributed by atoms with E-state index in [0.29, 0.717) is 13.1 Å². The third kappa shape index (κ3) is 4.39. The maximum absolute atomic E-state index is 12.1. The topological polar surface area (TPSA) is 110 Å². The number of benzene rings is 1. The molecule has 23 heavy (non-hydrogen) atoms. The summed E-state index contributed by atoms with van der Waals surface area (Å²) in [5.41, 5.74) is -0.693. The summed E-state index contributed by atoms with van der Waals surface area (Å²) in [6, 6.07) is 3.44. The number of piperazine rings is 1. The minimum atomic E-state index is -0.684. The first kappa shape index (κ1) is 17.2. The van der Waals surface area contributed by atoms with E-state index in [1.807, 2.05) is 7.05 Å². The number of non-ortho nitro benzene ring substituents is 1. The average molecular weight is 340 g/mol. The maximum Gasteiger partial charge on any atom is 0.289 e. The molecule has 1 aliphatic rings. The molecule has 2 rings (SSSR count). The van der Waals surface area contributed by atoms with E-state index in [1.165, 1.54) is 12.1 Å². The average Bonchev–Trinajstić information content (AvgIpc) is 2.52. The highest BCUT2D eigenvalue weighted by molar-refractivity contribution is 8.00. The van der Waals surface area contributed by atoms with Crippen LogP contribution in [0.1, 0.15) is 0 Å². The maximum atomic E-state index is 12.1. The van der Waals surface area contributed by atoms with Gasteiger partial charge in [0.15, 0.2) is 0 Å². The quantitative estimate of drug-likeness (QED) is 0.452. The van der Waals surface area contributed by atoms with Crippen LogP contribution in [0.3, 0.4) is 0 Å². The second-order valence-electron chi connectivity index (χ2n) is 5.14. The number of hydrogen-bond acceptors (Lipinski definition) is 7. The lowest BCUT2D eigenvalue weighted by molar-refractivity contribution is -0.396. The number of carbonyl (C=O) groups excluding carboxylic acids is 1. The van der Waals surface area contributed by atoms with Crippen LogP contribution in [0.15, 0.2) is 23.1 Å². The van der Waals surface area contributed by atoms with Gasteiger partial charge in [-0.15, -0.1) is 11.8 Å². The molecule has 1 fully saturated rings. The zero-order valence-electron chi connectivity index (χ0n) is 12.5. The molecule has 0 atom stereocenters. The van der Waals surface area contributed by atoms with Gasteiger partial charge in [-0.25, -0.2) is 0 Å². The van der Waals surface area contributed by atoms with Crippen molar-refractivity contribution in [3.8, 4) is 0 Å². The number of nitrogens with zero attached hydrogens (tertiary/aromatic N) is 4. The molecule has 1 heterocycles. The summed E-state index contributed by atoms with van der Waals surface area (Å²) in [7, 11) is 1.98. The van der Waals surface area contributed by atoms with Gasteiger partial charge in [-0.3, -0.25) is 25.0 Å². The molecule has 0 radical (unpaired) electrons. The first-order valence-corrected chi connectivity index (χ1v) is 7.89. The van der Waals surface area contributed by atoms with Gasteiger partial charge in [-0.1, -0.05) is 0 Å². The van der Waals surface area contributed by atoms with Crippen LogP contribution in [0.5, 0.6) is 0 Å². The number of amides is 1. The molecule has 0 unspecified atom stereocenters.